The maximum Gasteiger partial charge on any atom is 0.338 e. The first-order valence-electron chi connectivity index (χ1n) is 9.52. The van der Waals surface area contributed by atoms with E-state index in [9.17, 15) is 9.59 Å². The number of esters is 2. The molecule has 4 heteroatoms. The van der Waals surface area contributed by atoms with Gasteiger partial charge in [-0.05, 0) is 37.0 Å². The molecule has 0 radical (unpaired) electrons. The van der Waals surface area contributed by atoms with Gasteiger partial charge in [0.05, 0.1) is 24.3 Å². The standard InChI is InChI=1S/C21H32O4/c1-4-6-7-8-9-14-24-20(22)18-11-10-12-19(16-18)21(23)25-15-13-17(3)5-2/h10-12,16-17H,4-9,13-15H2,1-3H3. The van der Waals surface area contributed by atoms with Crippen LogP contribution in [0.25, 0.3) is 0 Å². The van der Waals surface area contributed by atoms with E-state index in [-0.39, 0.29) is 5.97 Å². The van der Waals surface area contributed by atoms with Gasteiger partial charge in [0.1, 0.15) is 0 Å². The third kappa shape index (κ3) is 8.71. The first kappa shape index (κ1) is 21.2. The number of carbonyl (C=O) groups excluding carboxylic acids is 2. The molecule has 0 aliphatic carbocycles. The fourth-order valence-corrected chi connectivity index (χ4v) is 2.37. The van der Waals surface area contributed by atoms with E-state index < -0.39 is 5.97 Å². The zero-order valence-corrected chi connectivity index (χ0v) is 15.9. The first-order valence-corrected chi connectivity index (χ1v) is 9.52. The van der Waals surface area contributed by atoms with Crippen LogP contribution in [0, 0.1) is 5.92 Å². The summed E-state index contributed by atoms with van der Waals surface area (Å²) >= 11 is 0. The van der Waals surface area contributed by atoms with Crippen molar-refractivity contribution < 1.29 is 19.1 Å². The summed E-state index contributed by atoms with van der Waals surface area (Å²) in [7, 11) is 0. The van der Waals surface area contributed by atoms with E-state index >= 15 is 0 Å². The highest BCUT2D eigenvalue weighted by atomic mass is 16.5. The summed E-state index contributed by atoms with van der Waals surface area (Å²) in [5, 5.41) is 0. The fraction of sp³-hybridized carbons (Fsp3) is 0.619. The van der Waals surface area contributed by atoms with E-state index in [4.69, 9.17) is 9.47 Å². The van der Waals surface area contributed by atoms with Gasteiger partial charge in [0, 0.05) is 0 Å². The van der Waals surface area contributed by atoms with Crippen molar-refractivity contribution in [2.45, 2.75) is 65.7 Å². The number of rotatable bonds is 12. The minimum atomic E-state index is -0.391. The molecule has 0 spiro atoms. The van der Waals surface area contributed by atoms with Crippen LogP contribution in [0.15, 0.2) is 24.3 Å². The highest BCUT2D eigenvalue weighted by Crippen LogP contribution is 2.11. The summed E-state index contributed by atoms with van der Waals surface area (Å²) in [5.74, 6) is -0.242. The van der Waals surface area contributed by atoms with Crippen LogP contribution in [0.5, 0.6) is 0 Å². The van der Waals surface area contributed by atoms with E-state index in [2.05, 4.69) is 20.8 Å². The van der Waals surface area contributed by atoms with Crippen LogP contribution < -0.4 is 0 Å². The molecule has 0 fully saturated rings. The van der Waals surface area contributed by atoms with Gasteiger partial charge in [0.25, 0.3) is 0 Å². The van der Waals surface area contributed by atoms with Crippen LogP contribution in [0.3, 0.4) is 0 Å². The lowest BCUT2D eigenvalue weighted by atomic mass is 10.1. The maximum absolute atomic E-state index is 12.1. The number of carbonyl (C=O) groups is 2. The monoisotopic (exact) mass is 348 g/mol. The molecule has 1 aromatic carbocycles. The minimum Gasteiger partial charge on any atom is -0.462 e. The second-order valence-corrected chi connectivity index (χ2v) is 6.57. The van der Waals surface area contributed by atoms with Gasteiger partial charge in [0.15, 0.2) is 0 Å². The van der Waals surface area contributed by atoms with E-state index in [0.717, 1.165) is 25.7 Å². The second-order valence-electron chi connectivity index (χ2n) is 6.57. The summed E-state index contributed by atoms with van der Waals surface area (Å²) in [4.78, 5) is 24.2. The molecular weight excluding hydrogens is 316 g/mol. The Labute approximate surface area is 151 Å². The van der Waals surface area contributed by atoms with Crippen molar-refractivity contribution in [1.29, 1.82) is 0 Å². The lowest BCUT2D eigenvalue weighted by Gasteiger charge is -2.10. The maximum atomic E-state index is 12.1. The molecule has 0 aromatic heterocycles. The Kier molecular flexibility index (Phi) is 10.6. The summed E-state index contributed by atoms with van der Waals surface area (Å²) in [6, 6.07) is 6.55. The Morgan fingerprint density at radius 2 is 1.52 bits per heavy atom. The smallest absolute Gasteiger partial charge is 0.338 e. The minimum absolute atomic E-state index is 0.384. The third-order valence-corrected chi connectivity index (χ3v) is 4.36. The van der Waals surface area contributed by atoms with Crippen LogP contribution in [-0.2, 0) is 9.47 Å². The predicted molar refractivity (Wildman–Crippen MR) is 99.8 cm³/mol. The van der Waals surface area contributed by atoms with Gasteiger partial charge < -0.3 is 9.47 Å². The molecule has 0 N–H and O–H groups in total. The zero-order valence-electron chi connectivity index (χ0n) is 15.9. The molecule has 0 saturated heterocycles. The summed E-state index contributed by atoms with van der Waals surface area (Å²) in [6.45, 7) is 7.24. The molecule has 0 aliphatic heterocycles. The SMILES string of the molecule is CCCCCCCOC(=O)c1cccc(C(=O)OCCC(C)CC)c1. The van der Waals surface area contributed by atoms with E-state index in [0.29, 0.717) is 30.3 Å². The second kappa shape index (κ2) is 12.5. The van der Waals surface area contributed by atoms with Gasteiger partial charge in [-0.3, -0.25) is 0 Å². The summed E-state index contributed by atoms with van der Waals surface area (Å²) in [6.07, 6.45) is 7.45. The van der Waals surface area contributed by atoms with Crippen LogP contribution in [0.1, 0.15) is 86.4 Å². The van der Waals surface area contributed by atoms with E-state index in [1.807, 2.05) is 0 Å². The average Bonchev–Trinajstić information content (AvgIpc) is 2.64. The lowest BCUT2D eigenvalue weighted by Crippen LogP contribution is -2.11. The number of ether oxygens (including phenoxy) is 2. The van der Waals surface area contributed by atoms with Gasteiger partial charge in [-0.25, -0.2) is 9.59 Å². The molecule has 0 aliphatic rings. The Morgan fingerprint density at radius 3 is 2.12 bits per heavy atom. The molecule has 0 heterocycles. The van der Waals surface area contributed by atoms with Gasteiger partial charge in [-0.15, -0.1) is 0 Å². The molecule has 140 valence electrons. The third-order valence-electron chi connectivity index (χ3n) is 4.36. The summed E-state index contributed by atoms with van der Waals surface area (Å²) < 4.78 is 10.6. The van der Waals surface area contributed by atoms with Crippen molar-refractivity contribution >= 4 is 11.9 Å². The number of unbranched alkanes of at least 4 members (excludes halogenated alkanes) is 4. The van der Waals surface area contributed by atoms with Crippen LogP contribution in [0.4, 0.5) is 0 Å². The first-order chi connectivity index (χ1) is 12.1. The van der Waals surface area contributed by atoms with Crippen molar-refractivity contribution in [1.82, 2.24) is 0 Å². The predicted octanol–water partition coefficient (Wildman–Crippen LogP) is 5.41. The number of benzene rings is 1. The fourth-order valence-electron chi connectivity index (χ4n) is 2.37. The largest absolute Gasteiger partial charge is 0.462 e. The number of hydrogen-bond acceptors (Lipinski definition) is 4. The lowest BCUT2D eigenvalue weighted by molar-refractivity contribution is 0.0484. The molecule has 1 aromatic rings. The molecule has 4 nitrogen and oxygen atoms in total. The highest BCUT2D eigenvalue weighted by molar-refractivity contribution is 5.95. The quantitative estimate of drug-likeness (QED) is 0.374. The molecule has 1 rings (SSSR count). The molecule has 25 heavy (non-hydrogen) atoms. The van der Waals surface area contributed by atoms with Crippen molar-refractivity contribution in [2.75, 3.05) is 13.2 Å². The Morgan fingerprint density at radius 1 is 0.920 bits per heavy atom. The van der Waals surface area contributed by atoms with Crippen molar-refractivity contribution in [2.24, 2.45) is 5.92 Å². The van der Waals surface area contributed by atoms with Crippen molar-refractivity contribution in [3.05, 3.63) is 35.4 Å². The molecule has 1 unspecified atom stereocenters. The molecule has 0 bridgehead atoms. The van der Waals surface area contributed by atoms with Crippen molar-refractivity contribution in [3.8, 4) is 0 Å². The highest BCUT2D eigenvalue weighted by Gasteiger charge is 2.13. The Hall–Kier alpha value is -1.84. The van der Waals surface area contributed by atoms with Crippen LogP contribution in [-0.4, -0.2) is 25.2 Å². The molecule has 1 atom stereocenters. The normalized spacial score (nSPS) is 11.8. The van der Waals surface area contributed by atoms with E-state index in [1.54, 1.807) is 24.3 Å². The Bertz CT molecular complexity index is 524. The Balaban J connectivity index is 2.42. The molecule has 0 saturated carbocycles. The molecule has 0 amide bonds. The van der Waals surface area contributed by atoms with Gasteiger partial charge in [0.2, 0.25) is 0 Å². The van der Waals surface area contributed by atoms with Gasteiger partial charge in [-0.2, -0.15) is 0 Å². The average molecular weight is 348 g/mol. The molecular formula is C21H32O4. The zero-order chi connectivity index (χ0) is 18.5. The van der Waals surface area contributed by atoms with Gasteiger partial charge >= 0.3 is 11.9 Å². The van der Waals surface area contributed by atoms with Crippen molar-refractivity contribution in [3.63, 3.8) is 0 Å². The summed E-state index contributed by atoms with van der Waals surface area (Å²) in [5.41, 5.74) is 0.784. The van der Waals surface area contributed by atoms with Crippen LogP contribution >= 0.6 is 0 Å². The topological polar surface area (TPSA) is 52.6 Å². The number of hydrogen-bond donors (Lipinski definition) is 0. The van der Waals surface area contributed by atoms with E-state index in [1.165, 1.54) is 19.3 Å². The van der Waals surface area contributed by atoms with Crippen LogP contribution in [0.2, 0.25) is 0 Å². The van der Waals surface area contributed by atoms with Gasteiger partial charge in [-0.1, -0.05) is 58.9 Å².